The van der Waals surface area contributed by atoms with Crippen LogP contribution in [-0.4, -0.2) is 21.5 Å². The Balaban J connectivity index is 2.19. The average Bonchev–Trinajstić information content (AvgIpc) is 2.48. The molecule has 7 heteroatoms. The minimum absolute atomic E-state index is 0.0265. The molecule has 0 radical (unpaired) electrons. The van der Waals surface area contributed by atoms with Gasteiger partial charge in [0.05, 0.1) is 13.5 Å². The standard InChI is InChI=1S/C16H15FO5S/c1-11-3-8-15(14(17)9-11)23(19,20)22-13-6-4-12(5-7-13)10-16(18)21-2/h3-9H,10H2,1-2H3. The number of halogens is 1. The van der Waals surface area contributed by atoms with Gasteiger partial charge < -0.3 is 8.92 Å². The maximum absolute atomic E-state index is 13.8. The maximum Gasteiger partial charge on any atom is 0.342 e. The molecule has 5 nitrogen and oxygen atoms in total. The van der Waals surface area contributed by atoms with Crippen LogP contribution < -0.4 is 4.18 Å². The van der Waals surface area contributed by atoms with Gasteiger partial charge in [-0.3, -0.25) is 4.79 Å². The van der Waals surface area contributed by atoms with Crippen molar-refractivity contribution in [3.63, 3.8) is 0 Å². The first-order valence-electron chi connectivity index (χ1n) is 6.68. The van der Waals surface area contributed by atoms with Crippen LogP contribution in [0.2, 0.25) is 0 Å². The lowest BCUT2D eigenvalue weighted by Crippen LogP contribution is -2.12. The van der Waals surface area contributed by atoms with E-state index < -0.39 is 26.8 Å². The van der Waals surface area contributed by atoms with Crippen molar-refractivity contribution in [2.45, 2.75) is 18.2 Å². The summed E-state index contributed by atoms with van der Waals surface area (Å²) in [6.07, 6.45) is 0.0656. The summed E-state index contributed by atoms with van der Waals surface area (Å²) in [6.45, 7) is 1.65. The second-order valence-corrected chi connectivity index (χ2v) is 6.38. The fraction of sp³-hybridized carbons (Fsp3) is 0.188. The van der Waals surface area contributed by atoms with Crippen LogP contribution in [0.1, 0.15) is 11.1 Å². The van der Waals surface area contributed by atoms with Gasteiger partial charge in [-0.1, -0.05) is 18.2 Å². The van der Waals surface area contributed by atoms with E-state index in [1.54, 1.807) is 6.92 Å². The van der Waals surface area contributed by atoms with Crippen LogP contribution in [0.5, 0.6) is 5.75 Å². The molecule has 0 saturated heterocycles. The summed E-state index contributed by atoms with van der Waals surface area (Å²) in [4.78, 5) is 10.6. The molecule has 23 heavy (non-hydrogen) atoms. The Morgan fingerprint density at radius 2 is 1.78 bits per heavy atom. The third-order valence-corrected chi connectivity index (χ3v) is 4.34. The van der Waals surface area contributed by atoms with Crippen molar-refractivity contribution < 1.29 is 26.5 Å². The molecule has 0 aliphatic carbocycles. The fourth-order valence-electron chi connectivity index (χ4n) is 1.88. The molecule has 0 N–H and O–H groups in total. The Morgan fingerprint density at radius 3 is 2.35 bits per heavy atom. The molecular formula is C16H15FO5S. The molecule has 2 rings (SSSR count). The highest BCUT2D eigenvalue weighted by atomic mass is 32.2. The van der Waals surface area contributed by atoms with Crippen LogP contribution in [-0.2, 0) is 26.1 Å². The molecule has 0 unspecified atom stereocenters. The van der Waals surface area contributed by atoms with E-state index >= 15 is 0 Å². The zero-order valence-corrected chi connectivity index (χ0v) is 13.4. The molecule has 0 aromatic heterocycles. The van der Waals surface area contributed by atoms with Crippen LogP contribution in [0.4, 0.5) is 4.39 Å². The Hall–Kier alpha value is -2.41. The lowest BCUT2D eigenvalue weighted by Gasteiger charge is -2.09. The van der Waals surface area contributed by atoms with Gasteiger partial charge in [0.1, 0.15) is 16.5 Å². The van der Waals surface area contributed by atoms with E-state index in [2.05, 4.69) is 4.74 Å². The number of hydrogen-bond donors (Lipinski definition) is 0. The summed E-state index contributed by atoms with van der Waals surface area (Å²) < 4.78 is 47.4. The molecule has 122 valence electrons. The Kier molecular flexibility index (Phi) is 5.00. The van der Waals surface area contributed by atoms with Gasteiger partial charge in [0.25, 0.3) is 0 Å². The molecule has 0 aliphatic rings. The first-order valence-corrected chi connectivity index (χ1v) is 8.09. The zero-order valence-electron chi connectivity index (χ0n) is 12.6. The van der Waals surface area contributed by atoms with E-state index in [1.807, 2.05) is 0 Å². The lowest BCUT2D eigenvalue weighted by atomic mass is 10.1. The summed E-state index contributed by atoms with van der Waals surface area (Å²) >= 11 is 0. The number of hydrogen-bond acceptors (Lipinski definition) is 5. The van der Waals surface area contributed by atoms with Gasteiger partial charge in [-0.25, -0.2) is 4.39 Å². The van der Waals surface area contributed by atoms with E-state index in [9.17, 15) is 17.6 Å². The quantitative estimate of drug-likeness (QED) is 0.619. The van der Waals surface area contributed by atoms with Crippen molar-refractivity contribution in [2.24, 2.45) is 0 Å². The predicted molar refractivity (Wildman–Crippen MR) is 81.1 cm³/mol. The third-order valence-electron chi connectivity index (χ3n) is 3.06. The van der Waals surface area contributed by atoms with Gasteiger partial charge in [0, 0.05) is 0 Å². The minimum atomic E-state index is -4.27. The van der Waals surface area contributed by atoms with Gasteiger partial charge in [0.2, 0.25) is 0 Å². The van der Waals surface area contributed by atoms with Gasteiger partial charge in [-0.2, -0.15) is 8.42 Å². The topological polar surface area (TPSA) is 69.7 Å². The molecule has 2 aromatic carbocycles. The van der Waals surface area contributed by atoms with Crippen LogP contribution in [0.25, 0.3) is 0 Å². The van der Waals surface area contributed by atoms with Crippen LogP contribution in [0.15, 0.2) is 47.4 Å². The summed E-state index contributed by atoms with van der Waals surface area (Å²) in [6, 6.07) is 9.62. The number of methoxy groups -OCH3 is 1. The highest BCUT2D eigenvalue weighted by molar-refractivity contribution is 7.87. The van der Waals surface area contributed by atoms with Crippen molar-refractivity contribution in [1.29, 1.82) is 0 Å². The van der Waals surface area contributed by atoms with Gasteiger partial charge in [-0.15, -0.1) is 0 Å². The number of benzene rings is 2. The Morgan fingerprint density at radius 1 is 1.13 bits per heavy atom. The van der Waals surface area contributed by atoms with E-state index in [0.717, 1.165) is 12.1 Å². The Bertz CT molecular complexity index is 813. The normalized spacial score (nSPS) is 11.1. The number of rotatable bonds is 5. The molecular weight excluding hydrogens is 323 g/mol. The lowest BCUT2D eigenvalue weighted by molar-refractivity contribution is -0.139. The predicted octanol–water partition coefficient (Wildman–Crippen LogP) is 2.62. The largest absolute Gasteiger partial charge is 0.469 e. The molecule has 0 heterocycles. The zero-order chi connectivity index (χ0) is 17.0. The highest BCUT2D eigenvalue weighted by Crippen LogP contribution is 2.22. The summed E-state index contributed by atoms with van der Waals surface area (Å²) in [7, 11) is -2.99. The van der Waals surface area contributed by atoms with Crippen molar-refractivity contribution in [3.8, 4) is 5.75 Å². The average molecular weight is 338 g/mol. The Labute approximate surface area is 133 Å². The van der Waals surface area contributed by atoms with Gasteiger partial charge >= 0.3 is 16.1 Å². The molecule has 0 bridgehead atoms. The number of carbonyl (C=O) groups excluding carboxylic acids is 1. The fourth-order valence-corrected chi connectivity index (χ4v) is 2.87. The number of aryl methyl sites for hydroxylation is 1. The molecule has 0 saturated carbocycles. The molecule has 2 aromatic rings. The molecule has 0 spiro atoms. The van der Waals surface area contributed by atoms with Crippen molar-refractivity contribution in [1.82, 2.24) is 0 Å². The summed E-state index contributed by atoms with van der Waals surface area (Å²) in [5, 5.41) is 0. The van der Waals surface area contributed by atoms with Gasteiger partial charge in [0.15, 0.2) is 0 Å². The second kappa shape index (κ2) is 6.78. The van der Waals surface area contributed by atoms with Crippen molar-refractivity contribution in [3.05, 3.63) is 59.4 Å². The molecule has 0 aliphatic heterocycles. The van der Waals surface area contributed by atoms with E-state index in [-0.39, 0.29) is 12.2 Å². The van der Waals surface area contributed by atoms with Crippen LogP contribution >= 0.6 is 0 Å². The smallest absolute Gasteiger partial charge is 0.342 e. The van der Waals surface area contributed by atoms with Crippen LogP contribution in [0, 0.1) is 12.7 Å². The molecule has 0 fully saturated rings. The minimum Gasteiger partial charge on any atom is -0.469 e. The number of esters is 1. The van der Waals surface area contributed by atoms with Crippen molar-refractivity contribution >= 4 is 16.1 Å². The first-order chi connectivity index (χ1) is 10.8. The summed E-state index contributed by atoms with van der Waals surface area (Å²) in [5.41, 5.74) is 1.25. The maximum atomic E-state index is 13.8. The number of ether oxygens (including phenoxy) is 1. The monoisotopic (exact) mass is 338 g/mol. The van der Waals surface area contributed by atoms with Crippen LogP contribution in [0.3, 0.4) is 0 Å². The van der Waals surface area contributed by atoms with E-state index in [0.29, 0.717) is 11.1 Å². The van der Waals surface area contributed by atoms with Gasteiger partial charge in [-0.05, 0) is 42.3 Å². The number of carbonyl (C=O) groups is 1. The first kappa shape index (κ1) is 17.0. The summed E-state index contributed by atoms with van der Waals surface area (Å²) in [5.74, 6) is -1.25. The molecule has 0 amide bonds. The SMILES string of the molecule is COC(=O)Cc1ccc(OS(=O)(=O)c2ccc(C)cc2F)cc1. The second-order valence-electron chi connectivity index (χ2n) is 4.87. The van der Waals surface area contributed by atoms with Crippen molar-refractivity contribution in [2.75, 3.05) is 7.11 Å². The molecule has 0 atom stereocenters. The van der Waals surface area contributed by atoms with E-state index in [1.165, 1.54) is 37.4 Å². The highest BCUT2D eigenvalue weighted by Gasteiger charge is 2.21. The van der Waals surface area contributed by atoms with E-state index in [4.69, 9.17) is 4.18 Å². The third kappa shape index (κ3) is 4.29.